The zero-order valence-corrected chi connectivity index (χ0v) is 13.3. The van der Waals surface area contributed by atoms with Gasteiger partial charge in [0.1, 0.15) is 0 Å². The molecule has 0 saturated heterocycles. The number of hydrogen-bond acceptors (Lipinski definition) is 1. The van der Waals surface area contributed by atoms with Crippen LogP contribution in [0.15, 0.2) is 12.2 Å². The van der Waals surface area contributed by atoms with Gasteiger partial charge in [0.05, 0.1) is 0 Å². The average molecular weight is 268 g/mol. The van der Waals surface area contributed by atoms with Crippen molar-refractivity contribution in [3.63, 3.8) is 0 Å². The third kappa shape index (κ3) is 17.7. The molecule has 0 aromatic carbocycles. The second-order valence-electron chi connectivity index (χ2n) is 5.73. The summed E-state index contributed by atoms with van der Waals surface area (Å²) >= 11 is 0. The maximum absolute atomic E-state index is 5.47. The van der Waals surface area contributed by atoms with Crippen molar-refractivity contribution < 1.29 is 0 Å². The zero-order valence-electron chi connectivity index (χ0n) is 13.3. The topological polar surface area (TPSA) is 26.0 Å². The molecule has 0 aromatic rings. The van der Waals surface area contributed by atoms with Gasteiger partial charge in [-0.15, -0.1) is 0 Å². The Morgan fingerprint density at radius 2 is 1.00 bits per heavy atom. The third-order valence-corrected chi connectivity index (χ3v) is 3.72. The van der Waals surface area contributed by atoms with Crippen LogP contribution in [0.3, 0.4) is 0 Å². The summed E-state index contributed by atoms with van der Waals surface area (Å²) in [6.07, 6.45) is 23.9. The molecule has 0 aliphatic rings. The highest BCUT2D eigenvalue weighted by Crippen LogP contribution is 2.09. The van der Waals surface area contributed by atoms with E-state index in [4.69, 9.17) is 5.73 Å². The van der Waals surface area contributed by atoms with E-state index in [0.717, 1.165) is 6.54 Å². The van der Waals surface area contributed by atoms with Crippen LogP contribution in [0.1, 0.15) is 96.8 Å². The van der Waals surface area contributed by atoms with Gasteiger partial charge < -0.3 is 5.73 Å². The van der Waals surface area contributed by atoms with Gasteiger partial charge in [0.2, 0.25) is 0 Å². The molecule has 0 saturated carbocycles. The Morgan fingerprint density at radius 1 is 0.579 bits per heavy atom. The summed E-state index contributed by atoms with van der Waals surface area (Å²) in [7, 11) is 0. The van der Waals surface area contributed by atoms with Crippen LogP contribution in [-0.2, 0) is 0 Å². The fourth-order valence-electron chi connectivity index (χ4n) is 2.39. The molecule has 0 rings (SSSR count). The van der Waals surface area contributed by atoms with Gasteiger partial charge in [-0.2, -0.15) is 0 Å². The van der Waals surface area contributed by atoms with Gasteiger partial charge in [-0.3, -0.25) is 0 Å². The summed E-state index contributed by atoms with van der Waals surface area (Å²) in [5.74, 6) is 0. The van der Waals surface area contributed by atoms with Crippen LogP contribution in [0.25, 0.3) is 0 Å². The van der Waals surface area contributed by atoms with Gasteiger partial charge in [-0.1, -0.05) is 76.9 Å². The van der Waals surface area contributed by atoms with Crippen LogP contribution >= 0.6 is 0 Å². The van der Waals surface area contributed by atoms with E-state index < -0.39 is 0 Å². The fraction of sp³-hybridized carbons (Fsp3) is 0.889. The zero-order chi connectivity index (χ0) is 14.0. The Balaban J connectivity index is 3.01. The molecular formula is C18H37N. The Kier molecular flexibility index (Phi) is 17.4. The van der Waals surface area contributed by atoms with Crippen LogP contribution in [0.5, 0.6) is 0 Å². The predicted molar refractivity (Wildman–Crippen MR) is 88.5 cm³/mol. The molecule has 0 unspecified atom stereocenters. The molecule has 1 nitrogen and oxygen atoms in total. The van der Waals surface area contributed by atoms with Crippen molar-refractivity contribution in [1.82, 2.24) is 0 Å². The van der Waals surface area contributed by atoms with Crippen molar-refractivity contribution in [1.29, 1.82) is 0 Å². The minimum Gasteiger partial charge on any atom is -0.330 e. The Morgan fingerprint density at radius 3 is 1.47 bits per heavy atom. The molecule has 1 heteroatoms. The van der Waals surface area contributed by atoms with E-state index in [1.54, 1.807) is 0 Å². The summed E-state index contributed by atoms with van der Waals surface area (Å²) in [5.41, 5.74) is 5.47. The highest BCUT2D eigenvalue weighted by atomic mass is 14.5. The first-order valence-electron chi connectivity index (χ1n) is 8.77. The molecule has 0 fully saturated rings. The highest BCUT2D eigenvalue weighted by Gasteiger charge is 1.90. The lowest BCUT2D eigenvalue weighted by molar-refractivity contribution is 0.591. The first-order valence-corrected chi connectivity index (χ1v) is 8.77. The lowest BCUT2D eigenvalue weighted by atomic mass is 10.1. The molecule has 2 N–H and O–H groups in total. The molecule has 0 spiro atoms. The second kappa shape index (κ2) is 17.7. The lowest BCUT2D eigenvalue weighted by Gasteiger charge is -1.99. The number of rotatable bonds is 15. The predicted octanol–water partition coefficient (Wildman–Crippen LogP) is 5.98. The minimum atomic E-state index is 0.859. The van der Waals surface area contributed by atoms with Crippen molar-refractivity contribution in [3.8, 4) is 0 Å². The van der Waals surface area contributed by atoms with Crippen LogP contribution in [0, 0.1) is 0 Å². The van der Waals surface area contributed by atoms with E-state index in [2.05, 4.69) is 19.1 Å². The van der Waals surface area contributed by atoms with Gasteiger partial charge in [0, 0.05) is 0 Å². The van der Waals surface area contributed by atoms with E-state index in [-0.39, 0.29) is 0 Å². The Bertz CT molecular complexity index is 175. The maximum Gasteiger partial charge on any atom is -0.00773 e. The van der Waals surface area contributed by atoms with Crippen LogP contribution in [0.2, 0.25) is 0 Å². The fourth-order valence-corrected chi connectivity index (χ4v) is 2.39. The molecule has 0 radical (unpaired) electrons. The van der Waals surface area contributed by atoms with Crippen LogP contribution in [-0.4, -0.2) is 6.54 Å². The quantitative estimate of drug-likeness (QED) is 0.286. The SMILES string of the molecule is CCCCCCCCCC=CCCCCCCCN. The summed E-state index contributed by atoms with van der Waals surface area (Å²) in [6.45, 7) is 3.14. The van der Waals surface area contributed by atoms with E-state index in [1.807, 2.05) is 0 Å². The van der Waals surface area contributed by atoms with Crippen LogP contribution in [0.4, 0.5) is 0 Å². The highest BCUT2D eigenvalue weighted by molar-refractivity contribution is 4.81. The van der Waals surface area contributed by atoms with Crippen molar-refractivity contribution in [2.45, 2.75) is 96.8 Å². The molecule has 0 aliphatic carbocycles. The summed E-state index contributed by atoms with van der Waals surface area (Å²) in [5, 5.41) is 0. The largest absolute Gasteiger partial charge is 0.330 e. The van der Waals surface area contributed by atoms with Gasteiger partial charge >= 0.3 is 0 Å². The van der Waals surface area contributed by atoms with Crippen LogP contribution < -0.4 is 5.73 Å². The molecule has 0 atom stereocenters. The van der Waals surface area contributed by atoms with Gasteiger partial charge in [0.15, 0.2) is 0 Å². The second-order valence-corrected chi connectivity index (χ2v) is 5.73. The molecule has 0 aromatic heterocycles. The summed E-state index contributed by atoms with van der Waals surface area (Å²) < 4.78 is 0. The molecule has 0 amide bonds. The molecule has 114 valence electrons. The van der Waals surface area contributed by atoms with Gasteiger partial charge in [0.25, 0.3) is 0 Å². The number of hydrogen-bond donors (Lipinski definition) is 1. The minimum absolute atomic E-state index is 0.859. The maximum atomic E-state index is 5.47. The monoisotopic (exact) mass is 267 g/mol. The summed E-state index contributed by atoms with van der Waals surface area (Å²) in [4.78, 5) is 0. The standard InChI is InChI=1S/C18H37N/c1-2-3-4-5-6-7-8-9-10-11-12-13-14-15-16-17-18-19/h10-11H,2-9,12-19H2,1H3. The molecule has 19 heavy (non-hydrogen) atoms. The van der Waals surface area contributed by atoms with Crippen molar-refractivity contribution in [3.05, 3.63) is 12.2 Å². The average Bonchev–Trinajstić information content (AvgIpc) is 2.43. The Hall–Kier alpha value is -0.300. The normalized spacial score (nSPS) is 11.5. The van der Waals surface area contributed by atoms with Gasteiger partial charge in [-0.05, 0) is 38.6 Å². The molecule has 0 aliphatic heterocycles. The van der Waals surface area contributed by atoms with E-state index in [0.29, 0.717) is 0 Å². The van der Waals surface area contributed by atoms with Crippen molar-refractivity contribution in [2.75, 3.05) is 6.54 Å². The third-order valence-electron chi connectivity index (χ3n) is 3.72. The lowest BCUT2D eigenvalue weighted by Crippen LogP contribution is -1.97. The first kappa shape index (κ1) is 18.7. The molecule has 0 bridgehead atoms. The number of allylic oxidation sites excluding steroid dienone is 2. The van der Waals surface area contributed by atoms with E-state index in [1.165, 1.54) is 89.9 Å². The van der Waals surface area contributed by atoms with Crippen molar-refractivity contribution >= 4 is 0 Å². The summed E-state index contributed by atoms with van der Waals surface area (Å²) in [6, 6.07) is 0. The smallest absolute Gasteiger partial charge is 0.00773 e. The van der Waals surface area contributed by atoms with E-state index >= 15 is 0 Å². The molecule has 0 heterocycles. The van der Waals surface area contributed by atoms with E-state index in [9.17, 15) is 0 Å². The first-order chi connectivity index (χ1) is 9.41. The van der Waals surface area contributed by atoms with Crippen molar-refractivity contribution in [2.24, 2.45) is 5.73 Å². The Labute approximate surface area is 122 Å². The number of unbranched alkanes of at least 4 members (excludes halogenated alkanes) is 12. The number of nitrogens with two attached hydrogens (primary N) is 1. The van der Waals surface area contributed by atoms with Gasteiger partial charge in [-0.25, -0.2) is 0 Å². The molecular weight excluding hydrogens is 230 g/mol.